The molecule has 0 saturated heterocycles. The molecule has 0 bridgehead atoms. The molecule has 1 unspecified atom stereocenters. The lowest BCUT2D eigenvalue weighted by molar-refractivity contribution is -0.127. The van der Waals surface area contributed by atoms with E-state index in [0.717, 1.165) is 4.31 Å². The number of fused-ring (bicyclic) bond motifs is 1. The zero-order valence-corrected chi connectivity index (χ0v) is 16.2. The van der Waals surface area contributed by atoms with Gasteiger partial charge in [0.05, 0.1) is 17.3 Å². The van der Waals surface area contributed by atoms with Crippen molar-refractivity contribution >= 4 is 49.1 Å². The van der Waals surface area contributed by atoms with Crippen molar-refractivity contribution < 1.29 is 17.9 Å². The second kappa shape index (κ2) is 6.86. The largest absolute Gasteiger partial charge is 0.476 e. The Morgan fingerprint density at radius 3 is 2.72 bits per heavy atom. The number of nitrogens with zero attached hydrogens (tertiary/aromatic N) is 1. The third-order valence-corrected chi connectivity index (χ3v) is 6.49. The van der Waals surface area contributed by atoms with Crippen molar-refractivity contribution in [3.05, 3.63) is 52.0 Å². The highest BCUT2D eigenvalue weighted by Crippen LogP contribution is 2.38. The molecular weight excluding hydrogens is 432 g/mol. The lowest BCUT2D eigenvalue weighted by atomic mass is 10.2. The minimum Gasteiger partial charge on any atom is -0.476 e. The standard InChI is InChI=1S/C16H14BrClN2O4S/c1-19-16(21)14-9-20(12-4-2-3-5-13(12)24-14)25(22,23)15-7-6-10(17)8-11(15)18/h2-8,14H,9H2,1H3,(H,19,21). The number of carbonyl (C=O) groups is 1. The number of carbonyl (C=O) groups excluding carboxylic acids is 1. The van der Waals surface area contributed by atoms with E-state index in [2.05, 4.69) is 21.2 Å². The van der Waals surface area contributed by atoms with E-state index in [9.17, 15) is 13.2 Å². The summed E-state index contributed by atoms with van der Waals surface area (Å²) in [5, 5.41) is 2.57. The van der Waals surface area contributed by atoms with Gasteiger partial charge >= 0.3 is 0 Å². The van der Waals surface area contributed by atoms with Gasteiger partial charge in [-0.1, -0.05) is 39.7 Å². The number of likely N-dealkylation sites (N-methyl/N-ethyl adjacent to an activating group) is 1. The predicted octanol–water partition coefficient (Wildman–Crippen LogP) is 2.80. The SMILES string of the molecule is CNC(=O)C1CN(S(=O)(=O)c2ccc(Br)cc2Cl)c2ccccc2O1. The van der Waals surface area contributed by atoms with E-state index in [1.54, 1.807) is 30.3 Å². The van der Waals surface area contributed by atoms with E-state index in [0.29, 0.717) is 15.9 Å². The number of amides is 1. The second-order valence-electron chi connectivity index (χ2n) is 5.30. The van der Waals surface area contributed by atoms with Gasteiger partial charge in [0.2, 0.25) is 0 Å². The molecule has 0 aromatic heterocycles. The van der Waals surface area contributed by atoms with Crippen LogP contribution < -0.4 is 14.4 Å². The van der Waals surface area contributed by atoms with Crippen molar-refractivity contribution in [3.63, 3.8) is 0 Å². The molecule has 6 nitrogen and oxygen atoms in total. The molecule has 132 valence electrons. The van der Waals surface area contributed by atoms with Crippen LogP contribution in [-0.4, -0.2) is 34.0 Å². The molecule has 2 aromatic rings. The molecule has 0 radical (unpaired) electrons. The van der Waals surface area contributed by atoms with Crippen LogP contribution in [0, 0.1) is 0 Å². The molecule has 0 saturated carbocycles. The summed E-state index contributed by atoms with van der Waals surface area (Å²) in [5.74, 6) is -0.0873. The van der Waals surface area contributed by atoms with Crippen LogP contribution in [0.5, 0.6) is 5.75 Å². The van der Waals surface area contributed by atoms with Gasteiger partial charge in [-0.2, -0.15) is 0 Å². The van der Waals surface area contributed by atoms with Crippen molar-refractivity contribution in [1.29, 1.82) is 0 Å². The van der Waals surface area contributed by atoms with Gasteiger partial charge in [-0.05, 0) is 30.3 Å². The first-order valence-electron chi connectivity index (χ1n) is 7.29. The molecular formula is C16H14BrClN2O4S. The van der Waals surface area contributed by atoms with Gasteiger partial charge < -0.3 is 10.1 Å². The number of para-hydroxylation sites is 2. The van der Waals surface area contributed by atoms with Crippen molar-refractivity contribution in [3.8, 4) is 5.75 Å². The number of rotatable bonds is 3. The molecule has 1 aliphatic rings. The fourth-order valence-electron chi connectivity index (χ4n) is 2.53. The number of sulfonamides is 1. The lowest BCUT2D eigenvalue weighted by Gasteiger charge is -2.34. The second-order valence-corrected chi connectivity index (χ2v) is 8.45. The first kappa shape index (κ1) is 18.0. The summed E-state index contributed by atoms with van der Waals surface area (Å²) in [7, 11) is -2.51. The number of anilines is 1. The third-order valence-electron chi connectivity index (χ3n) is 3.74. The Kier molecular flexibility index (Phi) is 4.95. The van der Waals surface area contributed by atoms with Crippen molar-refractivity contribution in [1.82, 2.24) is 5.32 Å². The van der Waals surface area contributed by atoms with Gasteiger partial charge in [-0.15, -0.1) is 0 Å². The summed E-state index contributed by atoms with van der Waals surface area (Å²) in [5.41, 5.74) is 0.363. The zero-order valence-electron chi connectivity index (χ0n) is 13.1. The van der Waals surface area contributed by atoms with Gasteiger partial charge in [0, 0.05) is 11.5 Å². The summed E-state index contributed by atoms with van der Waals surface area (Å²) in [6.07, 6.45) is -0.955. The Morgan fingerprint density at radius 2 is 2.04 bits per heavy atom. The van der Waals surface area contributed by atoms with Crippen LogP contribution in [-0.2, 0) is 14.8 Å². The smallest absolute Gasteiger partial charge is 0.266 e. The Morgan fingerprint density at radius 1 is 1.32 bits per heavy atom. The molecule has 25 heavy (non-hydrogen) atoms. The van der Waals surface area contributed by atoms with Crippen LogP contribution in [0.15, 0.2) is 51.8 Å². The van der Waals surface area contributed by atoms with E-state index in [4.69, 9.17) is 16.3 Å². The minimum atomic E-state index is -3.98. The zero-order chi connectivity index (χ0) is 18.2. The normalized spacial score (nSPS) is 16.8. The van der Waals surface area contributed by atoms with Crippen LogP contribution in [0.25, 0.3) is 0 Å². The quantitative estimate of drug-likeness (QED) is 0.788. The molecule has 9 heteroatoms. The molecule has 0 aliphatic carbocycles. The van der Waals surface area contributed by atoms with Crippen molar-refractivity contribution in [2.75, 3.05) is 17.9 Å². The Balaban J connectivity index is 2.12. The summed E-state index contributed by atoms with van der Waals surface area (Å²) < 4.78 is 33.8. The topological polar surface area (TPSA) is 75.7 Å². The molecule has 2 aromatic carbocycles. The van der Waals surface area contributed by atoms with Gasteiger partial charge in [0.25, 0.3) is 15.9 Å². The number of hydrogen-bond acceptors (Lipinski definition) is 4. The maximum atomic E-state index is 13.2. The summed E-state index contributed by atoms with van der Waals surface area (Å²) in [4.78, 5) is 12.0. The summed E-state index contributed by atoms with van der Waals surface area (Å²) in [6, 6.07) is 11.2. The first-order valence-corrected chi connectivity index (χ1v) is 9.91. The highest BCUT2D eigenvalue weighted by Gasteiger charge is 2.37. The number of halogens is 2. The maximum absolute atomic E-state index is 13.2. The molecule has 1 aliphatic heterocycles. The van der Waals surface area contributed by atoms with Crippen LogP contribution >= 0.6 is 27.5 Å². The van der Waals surface area contributed by atoms with Crippen LogP contribution in [0.1, 0.15) is 0 Å². The molecule has 0 spiro atoms. The van der Waals surface area contributed by atoms with Gasteiger partial charge in [0.15, 0.2) is 6.10 Å². The minimum absolute atomic E-state index is 0.0373. The van der Waals surface area contributed by atoms with Crippen molar-refractivity contribution in [2.24, 2.45) is 0 Å². The average molecular weight is 446 g/mol. The van der Waals surface area contributed by atoms with Gasteiger partial charge in [0.1, 0.15) is 10.6 Å². The molecule has 1 atom stereocenters. The van der Waals surface area contributed by atoms with E-state index in [-0.39, 0.29) is 16.5 Å². The van der Waals surface area contributed by atoms with E-state index in [1.807, 2.05) is 0 Å². The lowest BCUT2D eigenvalue weighted by Crippen LogP contribution is -2.50. The van der Waals surface area contributed by atoms with Crippen LogP contribution in [0.3, 0.4) is 0 Å². The highest BCUT2D eigenvalue weighted by atomic mass is 79.9. The first-order chi connectivity index (χ1) is 11.8. The van der Waals surface area contributed by atoms with E-state index < -0.39 is 22.0 Å². The van der Waals surface area contributed by atoms with Crippen LogP contribution in [0.4, 0.5) is 5.69 Å². The fourth-order valence-corrected chi connectivity index (χ4v) is 5.02. The number of nitrogens with one attached hydrogen (secondary N) is 1. The Hall–Kier alpha value is -1.77. The Labute approximate surface area is 158 Å². The molecule has 1 heterocycles. The fraction of sp³-hybridized carbons (Fsp3) is 0.188. The molecule has 1 amide bonds. The number of benzene rings is 2. The summed E-state index contributed by atoms with van der Waals surface area (Å²) >= 11 is 9.40. The number of hydrogen-bond donors (Lipinski definition) is 1. The van der Waals surface area contributed by atoms with E-state index in [1.165, 1.54) is 19.2 Å². The van der Waals surface area contributed by atoms with Crippen molar-refractivity contribution in [2.45, 2.75) is 11.0 Å². The highest BCUT2D eigenvalue weighted by molar-refractivity contribution is 9.10. The monoisotopic (exact) mass is 444 g/mol. The molecule has 0 fully saturated rings. The van der Waals surface area contributed by atoms with Gasteiger partial charge in [-0.3, -0.25) is 9.10 Å². The molecule has 3 rings (SSSR count). The Bertz CT molecular complexity index is 935. The van der Waals surface area contributed by atoms with E-state index >= 15 is 0 Å². The summed E-state index contributed by atoms with van der Waals surface area (Å²) in [6.45, 7) is -0.147. The third kappa shape index (κ3) is 3.33. The number of ether oxygens (including phenoxy) is 1. The van der Waals surface area contributed by atoms with Gasteiger partial charge in [-0.25, -0.2) is 8.42 Å². The predicted molar refractivity (Wildman–Crippen MR) is 98.6 cm³/mol. The van der Waals surface area contributed by atoms with Crippen LogP contribution in [0.2, 0.25) is 5.02 Å². The average Bonchev–Trinajstić information content (AvgIpc) is 2.59. The molecule has 1 N–H and O–H groups in total. The maximum Gasteiger partial charge on any atom is 0.266 e.